The van der Waals surface area contributed by atoms with E-state index in [-0.39, 0.29) is 5.60 Å². The van der Waals surface area contributed by atoms with Crippen molar-refractivity contribution in [1.29, 1.82) is 0 Å². The molecule has 1 heteroatoms. The summed E-state index contributed by atoms with van der Waals surface area (Å²) in [6.07, 6.45) is 8.72. The summed E-state index contributed by atoms with van der Waals surface area (Å²) in [4.78, 5) is 0. The van der Waals surface area contributed by atoms with Crippen LogP contribution in [0.3, 0.4) is 0 Å². The zero-order valence-electron chi connectivity index (χ0n) is 13.3. The Kier molecular flexibility index (Phi) is 3.28. The van der Waals surface area contributed by atoms with E-state index in [4.69, 9.17) is 0 Å². The van der Waals surface area contributed by atoms with Gasteiger partial charge in [-0.25, -0.2) is 0 Å². The highest BCUT2D eigenvalue weighted by atomic mass is 16.3. The quantitative estimate of drug-likeness (QED) is 0.787. The van der Waals surface area contributed by atoms with Gasteiger partial charge in [0.15, 0.2) is 0 Å². The van der Waals surface area contributed by atoms with E-state index in [0.717, 1.165) is 36.5 Å². The smallest absolute Gasteiger partial charge is 0.0678 e. The lowest BCUT2D eigenvalue weighted by Gasteiger charge is -2.65. The standard InChI is InChI=1S/C18H32O/c1-12(2)9-14-15-10-13(17(15,3)4)11-16(14)18(19)7-5-6-8-18/h12-16,19H,5-11H2,1-4H3/t13-,14-,15+,16+/m1/s1. The number of rotatable bonds is 3. The molecule has 4 aliphatic rings. The second-order valence-corrected chi connectivity index (χ2v) is 8.81. The highest BCUT2D eigenvalue weighted by Crippen LogP contribution is 2.66. The van der Waals surface area contributed by atoms with Crippen molar-refractivity contribution >= 4 is 0 Å². The maximum absolute atomic E-state index is 11.1. The van der Waals surface area contributed by atoms with Gasteiger partial charge in [0.2, 0.25) is 0 Å². The molecule has 0 amide bonds. The fourth-order valence-corrected chi connectivity index (χ4v) is 5.79. The Bertz CT molecular complexity index is 338. The van der Waals surface area contributed by atoms with Crippen LogP contribution < -0.4 is 0 Å². The van der Waals surface area contributed by atoms with E-state index in [9.17, 15) is 5.11 Å². The SMILES string of the molecule is CC(C)C[C@H]1[C@@H](C2(O)CCCC2)C[C@H]2C[C@@H]1C2(C)C. The van der Waals surface area contributed by atoms with Gasteiger partial charge in [-0.3, -0.25) is 0 Å². The molecule has 4 aliphatic carbocycles. The van der Waals surface area contributed by atoms with Crippen molar-refractivity contribution in [3.63, 3.8) is 0 Å². The third-order valence-electron chi connectivity index (χ3n) is 7.02. The summed E-state index contributed by atoms with van der Waals surface area (Å²) in [5.74, 6) is 3.92. The van der Waals surface area contributed by atoms with Crippen molar-refractivity contribution in [2.45, 2.75) is 78.2 Å². The molecule has 0 spiro atoms. The van der Waals surface area contributed by atoms with Gasteiger partial charge in [0.1, 0.15) is 0 Å². The minimum absolute atomic E-state index is 0.299. The molecule has 0 unspecified atom stereocenters. The fourth-order valence-electron chi connectivity index (χ4n) is 5.79. The van der Waals surface area contributed by atoms with Crippen molar-refractivity contribution in [3.05, 3.63) is 0 Å². The lowest BCUT2D eigenvalue weighted by atomic mass is 9.41. The predicted molar refractivity (Wildman–Crippen MR) is 79.8 cm³/mol. The Hall–Kier alpha value is -0.0400. The molecule has 1 N–H and O–H groups in total. The fraction of sp³-hybridized carbons (Fsp3) is 1.00. The summed E-state index contributed by atoms with van der Waals surface area (Å²) in [7, 11) is 0. The van der Waals surface area contributed by atoms with Crippen LogP contribution in [-0.2, 0) is 0 Å². The van der Waals surface area contributed by atoms with Crippen LogP contribution in [0.25, 0.3) is 0 Å². The molecule has 0 aromatic carbocycles. The molecule has 0 aromatic heterocycles. The van der Waals surface area contributed by atoms with Crippen molar-refractivity contribution in [2.24, 2.45) is 35.0 Å². The molecule has 110 valence electrons. The molecule has 0 heterocycles. The van der Waals surface area contributed by atoms with Gasteiger partial charge in [-0.15, -0.1) is 0 Å². The Morgan fingerprint density at radius 2 is 1.63 bits per heavy atom. The van der Waals surface area contributed by atoms with Crippen molar-refractivity contribution in [3.8, 4) is 0 Å². The van der Waals surface area contributed by atoms with Crippen molar-refractivity contribution in [2.75, 3.05) is 0 Å². The lowest BCUT2D eigenvalue weighted by Crippen LogP contribution is -2.60. The van der Waals surface area contributed by atoms with Gasteiger partial charge in [-0.1, -0.05) is 40.5 Å². The van der Waals surface area contributed by atoms with Crippen LogP contribution in [0.4, 0.5) is 0 Å². The van der Waals surface area contributed by atoms with E-state index in [1.165, 1.54) is 32.1 Å². The molecule has 0 aliphatic heterocycles. The molecule has 4 fully saturated rings. The highest BCUT2D eigenvalue weighted by Gasteiger charge is 2.61. The molecule has 2 bridgehead atoms. The first-order valence-electron chi connectivity index (χ1n) is 8.57. The monoisotopic (exact) mass is 264 g/mol. The van der Waals surface area contributed by atoms with Crippen molar-refractivity contribution < 1.29 is 5.11 Å². The van der Waals surface area contributed by atoms with E-state index in [2.05, 4.69) is 27.7 Å². The van der Waals surface area contributed by atoms with Gasteiger partial charge in [0.05, 0.1) is 5.60 Å². The van der Waals surface area contributed by atoms with Crippen LogP contribution >= 0.6 is 0 Å². The summed E-state index contributed by atoms with van der Waals surface area (Å²) in [6.45, 7) is 9.67. The molecule has 4 rings (SSSR count). The van der Waals surface area contributed by atoms with Crippen LogP contribution in [0, 0.1) is 35.0 Å². The third-order valence-corrected chi connectivity index (χ3v) is 7.02. The van der Waals surface area contributed by atoms with Crippen LogP contribution in [0.5, 0.6) is 0 Å². The van der Waals surface area contributed by atoms with Crippen LogP contribution in [0.1, 0.15) is 72.6 Å². The topological polar surface area (TPSA) is 20.2 Å². The first-order valence-corrected chi connectivity index (χ1v) is 8.57. The number of fused-ring (bicyclic) bond motifs is 2. The van der Waals surface area contributed by atoms with Gasteiger partial charge in [-0.05, 0) is 67.1 Å². The Balaban J connectivity index is 1.83. The van der Waals surface area contributed by atoms with Crippen LogP contribution in [-0.4, -0.2) is 10.7 Å². The zero-order chi connectivity index (χ0) is 13.8. The molecule has 0 radical (unpaired) electrons. The van der Waals surface area contributed by atoms with Gasteiger partial charge in [-0.2, -0.15) is 0 Å². The first-order chi connectivity index (χ1) is 8.84. The van der Waals surface area contributed by atoms with Crippen LogP contribution in [0.2, 0.25) is 0 Å². The Labute approximate surface area is 119 Å². The van der Waals surface area contributed by atoms with E-state index in [1.807, 2.05) is 0 Å². The van der Waals surface area contributed by atoms with E-state index in [1.54, 1.807) is 0 Å². The van der Waals surface area contributed by atoms with E-state index in [0.29, 0.717) is 11.3 Å². The maximum Gasteiger partial charge on any atom is 0.0678 e. The number of aliphatic hydroxyl groups is 1. The summed E-state index contributed by atoms with van der Waals surface area (Å²) in [5.41, 5.74) is 0.248. The van der Waals surface area contributed by atoms with E-state index < -0.39 is 0 Å². The molecule has 19 heavy (non-hydrogen) atoms. The molecular formula is C18H32O. The molecular weight excluding hydrogens is 232 g/mol. The molecule has 1 nitrogen and oxygen atoms in total. The summed E-state index contributed by atoms with van der Waals surface area (Å²) in [5, 5.41) is 11.1. The minimum atomic E-state index is -0.299. The predicted octanol–water partition coefficient (Wildman–Crippen LogP) is 4.64. The molecule has 0 saturated heterocycles. The normalized spacial score (nSPS) is 43.3. The minimum Gasteiger partial charge on any atom is -0.390 e. The van der Waals surface area contributed by atoms with Gasteiger partial charge >= 0.3 is 0 Å². The Morgan fingerprint density at radius 1 is 1.05 bits per heavy atom. The first kappa shape index (κ1) is 13.9. The van der Waals surface area contributed by atoms with E-state index >= 15 is 0 Å². The summed E-state index contributed by atoms with van der Waals surface area (Å²) < 4.78 is 0. The average molecular weight is 264 g/mol. The maximum atomic E-state index is 11.1. The zero-order valence-corrected chi connectivity index (χ0v) is 13.3. The number of hydrogen-bond acceptors (Lipinski definition) is 1. The molecule has 4 saturated carbocycles. The lowest BCUT2D eigenvalue weighted by molar-refractivity contribution is -0.187. The Morgan fingerprint density at radius 3 is 2.16 bits per heavy atom. The second-order valence-electron chi connectivity index (χ2n) is 8.81. The third kappa shape index (κ3) is 2.07. The van der Waals surface area contributed by atoms with Crippen molar-refractivity contribution in [1.82, 2.24) is 0 Å². The average Bonchev–Trinajstić information content (AvgIpc) is 2.76. The molecule has 4 atom stereocenters. The highest BCUT2D eigenvalue weighted by molar-refractivity contribution is 5.10. The van der Waals surface area contributed by atoms with Gasteiger partial charge < -0.3 is 5.11 Å². The largest absolute Gasteiger partial charge is 0.390 e. The summed E-state index contributed by atoms with van der Waals surface area (Å²) >= 11 is 0. The van der Waals surface area contributed by atoms with Gasteiger partial charge in [0, 0.05) is 0 Å². The van der Waals surface area contributed by atoms with Gasteiger partial charge in [0.25, 0.3) is 0 Å². The summed E-state index contributed by atoms with van der Waals surface area (Å²) in [6, 6.07) is 0. The second kappa shape index (κ2) is 4.48. The number of hydrogen-bond donors (Lipinski definition) is 1. The van der Waals surface area contributed by atoms with Crippen LogP contribution in [0.15, 0.2) is 0 Å². The molecule has 0 aromatic rings.